The number of rotatable bonds is 9. The molecule has 0 aliphatic heterocycles. The Hall–Kier alpha value is -0.830. The smallest absolute Gasteiger partial charge is 0.329 e. The summed E-state index contributed by atoms with van der Waals surface area (Å²) in [7, 11) is 1.34. The van der Waals surface area contributed by atoms with Crippen molar-refractivity contribution in [2.45, 2.75) is 58.8 Å². The third-order valence-electron chi connectivity index (χ3n) is 2.11. The first-order valence-corrected chi connectivity index (χ1v) is 6.54. The first-order valence-electron chi connectivity index (χ1n) is 6.54. The summed E-state index contributed by atoms with van der Waals surface area (Å²) in [6.45, 7) is 4.27. The van der Waals surface area contributed by atoms with Crippen LogP contribution in [-0.2, 0) is 9.53 Å². The van der Waals surface area contributed by atoms with Crippen molar-refractivity contribution >= 4 is 5.97 Å². The Morgan fingerprint density at radius 2 is 1.71 bits per heavy atom. The Kier molecular flexibility index (Phi) is 19.1. The second-order valence-electron chi connectivity index (χ2n) is 3.94. The summed E-state index contributed by atoms with van der Waals surface area (Å²) < 4.78 is 4.20. The fourth-order valence-corrected chi connectivity index (χ4v) is 1.21. The van der Waals surface area contributed by atoms with E-state index in [2.05, 4.69) is 30.7 Å². The van der Waals surface area contributed by atoms with E-state index >= 15 is 0 Å². The van der Waals surface area contributed by atoms with Gasteiger partial charge in [0.2, 0.25) is 0 Å². The number of ether oxygens (including phenoxy) is 1. The molecule has 0 saturated heterocycles. The first-order chi connectivity index (χ1) is 8.18. The lowest BCUT2D eigenvalue weighted by molar-refractivity contribution is -0.141. The largest absolute Gasteiger partial charge is 0.480 e. The van der Waals surface area contributed by atoms with E-state index in [4.69, 9.17) is 5.11 Å². The molecule has 0 aromatic rings. The van der Waals surface area contributed by atoms with Crippen LogP contribution in [0.25, 0.3) is 0 Å². The van der Waals surface area contributed by atoms with E-state index in [0.29, 0.717) is 0 Å². The van der Waals surface area contributed by atoms with Crippen LogP contribution in [0.2, 0.25) is 0 Å². The molecule has 0 amide bonds. The van der Waals surface area contributed by atoms with E-state index in [0.717, 1.165) is 0 Å². The molecule has 0 aliphatic rings. The number of hydrogen-bond acceptors (Lipinski definition) is 2. The van der Waals surface area contributed by atoms with Gasteiger partial charge in [-0.05, 0) is 19.3 Å². The van der Waals surface area contributed by atoms with Gasteiger partial charge in [-0.3, -0.25) is 0 Å². The molecule has 0 atom stereocenters. The number of hydrogen-bond donors (Lipinski definition) is 1. The van der Waals surface area contributed by atoms with Crippen molar-refractivity contribution in [3.05, 3.63) is 12.2 Å². The van der Waals surface area contributed by atoms with E-state index in [-0.39, 0.29) is 6.61 Å². The second kappa shape index (κ2) is 17.6. The number of allylic oxidation sites excluding steroid dienone is 2. The zero-order valence-electron chi connectivity index (χ0n) is 11.6. The molecule has 0 aromatic heterocycles. The van der Waals surface area contributed by atoms with Crippen molar-refractivity contribution in [1.29, 1.82) is 0 Å². The average molecular weight is 244 g/mol. The molecule has 0 heterocycles. The van der Waals surface area contributed by atoms with Gasteiger partial charge in [-0.2, -0.15) is 0 Å². The Bertz CT molecular complexity index is 176. The van der Waals surface area contributed by atoms with Gasteiger partial charge in [-0.25, -0.2) is 4.79 Å². The van der Waals surface area contributed by atoms with Crippen molar-refractivity contribution < 1.29 is 14.6 Å². The van der Waals surface area contributed by atoms with Gasteiger partial charge in [0, 0.05) is 7.11 Å². The summed E-state index contributed by atoms with van der Waals surface area (Å²) in [5.41, 5.74) is 0. The lowest BCUT2D eigenvalue weighted by Crippen LogP contribution is -2.02. The molecular formula is C14H28O3. The van der Waals surface area contributed by atoms with Crippen molar-refractivity contribution in [3.8, 4) is 0 Å². The quantitative estimate of drug-likeness (QED) is 0.492. The summed E-state index contributed by atoms with van der Waals surface area (Å²) in [5, 5.41) is 7.79. The average Bonchev–Trinajstić information content (AvgIpc) is 2.29. The number of carboxylic acids is 1. The van der Waals surface area contributed by atoms with Crippen LogP contribution >= 0.6 is 0 Å². The van der Waals surface area contributed by atoms with Gasteiger partial charge in [-0.15, -0.1) is 0 Å². The van der Waals surface area contributed by atoms with Gasteiger partial charge in [0.05, 0.1) is 0 Å². The maximum atomic E-state index is 9.47. The van der Waals surface area contributed by atoms with Crippen LogP contribution in [0.15, 0.2) is 12.2 Å². The Labute approximate surface area is 106 Å². The molecule has 1 N–H and O–H groups in total. The highest BCUT2D eigenvalue weighted by molar-refractivity contribution is 5.67. The van der Waals surface area contributed by atoms with E-state index in [9.17, 15) is 4.79 Å². The fourth-order valence-electron chi connectivity index (χ4n) is 1.21. The zero-order valence-corrected chi connectivity index (χ0v) is 11.6. The number of carbonyl (C=O) groups is 1. The minimum atomic E-state index is -0.933. The molecule has 3 nitrogen and oxygen atoms in total. The van der Waals surface area contributed by atoms with Crippen LogP contribution in [0.1, 0.15) is 58.8 Å². The fraction of sp³-hybridized carbons (Fsp3) is 0.786. The Morgan fingerprint density at radius 1 is 1.06 bits per heavy atom. The van der Waals surface area contributed by atoms with Crippen LogP contribution in [0.3, 0.4) is 0 Å². The van der Waals surface area contributed by atoms with Crippen molar-refractivity contribution in [3.63, 3.8) is 0 Å². The molecule has 0 unspecified atom stereocenters. The van der Waals surface area contributed by atoms with Crippen molar-refractivity contribution in [2.24, 2.45) is 0 Å². The number of aliphatic carboxylic acids is 1. The molecule has 0 radical (unpaired) electrons. The Morgan fingerprint density at radius 3 is 2.12 bits per heavy atom. The molecular weight excluding hydrogens is 216 g/mol. The third-order valence-corrected chi connectivity index (χ3v) is 2.11. The lowest BCUT2D eigenvalue weighted by atomic mass is 10.1. The van der Waals surface area contributed by atoms with E-state index in [1.54, 1.807) is 0 Å². The molecule has 0 spiro atoms. The minimum Gasteiger partial charge on any atom is -0.480 e. The normalized spacial score (nSPS) is 10.1. The molecule has 0 bridgehead atoms. The summed E-state index contributed by atoms with van der Waals surface area (Å²) in [6.07, 6.45) is 14.0. The first kappa shape index (κ1) is 18.5. The highest BCUT2D eigenvalue weighted by Gasteiger charge is 1.87. The van der Waals surface area contributed by atoms with E-state index in [1.807, 2.05) is 0 Å². The second-order valence-corrected chi connectivity index (χ2v) is 3.94. The lowest BCUT2D eigenvalue weighted by Gasteiger charge is -1.93. The Balaban J connectivity index is 0. The SMILES string of the molecule is CCCC=CCCCCCC.COCC(=O)O. The predicted molar refractivity (Wildman–Crippen MR) is 72.3 cm³/mol. The summed E-state index contributed by atoms with van der Waals surface area (Å²) in [4.78, 5) is 9.47. The molecule has 3 heteroatoms. The van der Waals surface area contributed by atoms with Crippen molar-refractivity contribution in [1.82, 2.24) is 0 Å². The van der Waals surface area contributed by atoms with E-state index < -0.39 is 5.97 Å². The molecule has 0 rings (SSSR count). The highest BCUT2D eigenvalue weighted by Crippen LogP contribution is 2.03. The number of unbranched alkanes of at least 4 members (excludes halogenated alkanes) is 5. The number of methoxy groups -OCH3 is 1. The third kappa shape index (κ3) is 25.4. The molecule has 0 aromatic carbocycles. The van der Waals surface area contributed by atoms with Gasteiger partial charge in [0.25, 0.3) is 0 Å². The van der Waals surface area contributed by atoms with Crippen LogP contribution in [0.4, 0.5) is 0 Å². The highest BCUT2D eigenvalue weighted by atomic mass is 16.5. The zero-order chi connectivity index (χ0) is 13.4. The van der Waals surface area contributed by atoms with Gasteiger partial charge < -0.3 is 9.84 Å². The summed E-state index contributed by atoms with van der Waals surface area (Å²) in [6, 6.07) is 0. The molecule has 102 valence electrons. The minimum absolute atomic E-state index is 0.208. The van der Waals surface area contributed by atoms with Gasteiger partial charge >= 0.3 is 5.97 Å². The summed E-state index contributed by atoms with van der Waals surface area (Å²) in [5.74, 6) is -0.933. The topological polar surface area (TPSA) is 46.5 Å². The van der Waals surface area contributed by atoms with Crippen LogP contribution in [0.5, 0.6) is 0 Å². The monoisotopic (exact) mass is 244 g/mol. The predicted octanol–water partition coefficient (Wildman–Crippen LogP) is 4.03. The maximum Gasteiger partial charge on any atom is 0.329 e. The van der Waals surface area contributed by atoms with Crippen LogP contribution < -0.4 is 0 Å². The van der Waals surface area contributed by atoms with Crippen LogP contribution in [-0.4, -0.2) is 24.8 Å². The number of carboxylic acid groups (broad SMARTS) is 1. The van der Waals surface area contributed by atoms with Crippen LogP contribution in [0, 0.1) is 0 Å². The standard InChI is InChI=1S/C11H22.C3H6O3/c1-3-5-7-9-11-10-8-6-4-2;1-6-2-3(4)5/h7,9H,3-6,8,10-11H2,1-2H3;2H2,1H3,(H,4,5). The molecule has 0 fully saturated rings. The maximum absolute atomic E-state index is 9.47. The van der Waals surface area contributed by atoms with Crippen molar-refractivity contribution in [2.75, 3.05) is 13.7 Å². The molecule has 0 aliphatic carbocycles. The summed E-state index contributed by atoms with van der Waals surface area (Å²) >= 11 is 0. The van der Waals surface area contributed by atoms with Gasteiger partial charge in [0.1, 0.15) is 6.61 Å². The van der Waals surface area contributed by atoms with Gasteiger partial charge in [-0.1, -0.05) is 51.7 Å². The van der Waals surface area contributed by atoms with Gasteiger partial charge in [0.15, 0.2) is 0 Å². The molecule has 17 heavy (non-hydrogen) atoms. The van der Waals surface area contributed by atoms with E-state index in [1.165, 1.54) is 52.1 Å². The molecule has 0 saturated carbocycles.